The van der Waals surface area contributed by atoms with E-state index < -0.39 is 0 Å². The summed E-state index contributed by atoms with van der Waals surface area (Å²) in [5.74, 6) is 0. The van der Waals surface area contributed by atoms with Crippen LogP contribution in [0.15, 0.2) is 141 Å². The molecule has 0 atom stereocenters. The highest BCUT2D eigenvalue weighted by Gasteiger charge is 2.14. The van der Waals surface area contributed by atoms with Gasteiger partial charge in [-0.15, -0.1) is 0 Å². The van der Waals surface area contributed by atoms with Crippen molar-refractivity contribution in [1.82, 2.24) is 0 Å². The summed E-state index contributed by atoms with van der Waals surface area (Å²) >= 11 is 0. The van der Waals surface area contributed by atoms with Gasteiger partial charge in [-0.2, -0.15) is 0 Å². The lowest BCUT2D eigenvalue weighted by Crippen LogP contribution is -2.02. The second kappa shape index (κ2) is 11.1. The zero-order valence-electron chi connectivity index (χ0n) is 23.2. The molecule has 0 radical (unpaired) electrons. The van der Waals surface area contributed by atoms with Gasteiger partial charge in [0, 0.05) is 5.56 Å². The molecule has 0 heterocycles. The first-order valence-corrected chi connectivity index (χ1v) is 13.8. The van der Waals surface area contributed by atoms with Gasteiger partial charge in [0.1, 0.15) is 0 Å². The van der Waals surface area contributed by atoms with Crippen molar-refractivity contribution in [1.29, 1.82) is 5.41 Å². The van der Waals surface area contributed by atoms with Gasteiger partial charge in [0.15, 0.2) is 0 Å². The van der Waals surface area contributed by atoms with E-state index in [0.29, 0.717) is 5.71 Å². The fraction of sp³-hybridized carbons (Fsp3) is 0.0250. The number of hydrogen-bond acceptors (Lipinski definition) is 1. The Kier molecular flexibility index (Phi) is 7.02. The lowest BCUT2D eigenvalue weighted by Gasteiger charge is -2.15. The average Bonchev–Trinajstić information content (AvgIpc) is 3.03. The minimum Gasteiger partial charge on any atom is -0.300 e. The first-order valence-electron chi connectivity index (χ1n) is 13.8. The van der Waals surface area contributed by atoms with Crippen molar-refractivity contribution in [2.75, 3.05) is 0 Å². The fourth-order valence-corrected chi connectivity index (χ4v) is 5.62. The van der Waals surface area contributed by atoms with Crippen molar-refractivity contribution in [3.05, 3.63) is 168 Å². The van der Waals surface area contributed by atoms with Crippen molar-refractivity contribution >= 4 is 28.6 Å². The first-order chi connectivity index (χ1) is 20.1. The molecule has 0 amide bonds. The van der Waals surface area contributed by atoms with Crippen molar-refractivity contribution in [2.24, 2.45) is 0 Å². The van der Waals surface area contributed by atoms with Crippen LogP contribution in [0.4, 0.5) is 0 Å². The summed E-state index contributed by atoms with van der Waals surface area (Å²) in [6.45, 7) is 10.3. The van der Waals surface area contributed by atoms with Gasteiger partial charge in [-0.1, -0.05) is 128 Å². The van der Waals surface area contributed by atoms with E-state index in [1.54, 1.807) is 0 Å². The summed E-state index contributed by atoms with van der Waals surface area (Å²) in [5, 5.41) is 11.4. The predicted molar refractivity (Wildman–Crippen MR) is 178 cm³/mol. The molecule has 6 rings (SSSR count). The number of benzene rings is 6. The molecule has 6 aromatic rings. The quantitative estimate of drug-likeness (QED) is 0.200. The lowest BCUT2D eigenvalue weighted by atomic mass is 9.89. The van der Waals surface area contributed by atoms with E-state index in [2.05, 4.69) is 117 Å². The third-order valence-electron chi connectivity index (χ3n) is 7.68. The monoisotopic (exact) mass is 525 g/mol. The molecule has 0 saturated carbocycles. The summed E-state index contributed by atoms with van der Waals surface area (Å²) in [7, 11) is 0. The van der Waals surface area contributed by atoms with Gasteiger partial charge in [-0.3, -0.25) is 5.41 Å². The van der Waals surface area contributed by atoms with Crippen LogP contribution in [0, 0.1) is 12.3 Å². The number of hydrogen-bond donors (Lipinski definition) is 1. The summed E-state index contributed by atoms with van der Waals surface area (Å²) in [6.07, 6.45) is 3.82. The minimum atomic E-state index is 0.513. The van der Waals surface area contributed by atoms with E-state index in [0.717, 1.165) is 55.6 Å². The maximum absolute atomic E-state index is 9.06. The topological polar surface area (TPSA) is 23.9 Å². The zero-order valence-corrected chi connectivity index (χ0v) is 23.2. The van der Waals surface area contributed by atoms with E-state index in [9.17, 15) is 0 Å². The van der Waals surface area contributed by atoms with Gasteiger partial charge in [0.2, 0.25) is 0 Å². The van der Waals surface area contributed by atoms with Gasteiger partial charge < -0.3 is 0 Å². The summed E-state index contributed by atoms with van der Waals surface area (Å²) < 4.78 is 0. The molecule has 41 heavy (non-hydrogen) atoms. The maximum atomic E-state index is 9.06. The Balaban J connectivity index is 1.54. The van der Waals surface area contributed by atoms with Gasteiger partial charge >= 0.3 is 0 Å². The van der Waals surface area contributed by atoms with Crippen molar-refractivity contribution in [3.8, 4) is 33.4 Å². The molecular weight excluding hydrogens is 494 g/mol. The van der Waals surface area contributed by atoms with Crippen LogP contribution in [-0.4, -0.2) is 5.71 Å². The fourth-order valence-electron chi connectivity index (χ4n) is 5.62. The Labute approximate surface area is 242 Å². The molecule has 0 unspecified atom stereocenters. The molecule has 1 heteroatoms. The Bertz CT molecular complexity index is 1940. The van der Waals surface area contributed by atoms with Crippen LogP contribution in [0.3, 0.4) is 0 Å². The molecule has 0 aromatic heterocycles. The molecule has 0 aliphatic rings. The predicted octanol–water partition coefficient (Wildman–Crippen LogP) is 10.9. The molecule has 0 saturated heterocycles. The number of fused-ring (bicyclic) bond motifs is 1. The Morgan fingerprint density at radius 3 is 1.83 bits per heavy atom. The Hall–Kier alpha value is -5.27. The molecular formula is C40H31N. The van der Waals surface area contributed by atoms with Crippen LogP contribution < -0.4 is 0 Å². The summed E-state index contributed by atoms with van der Waals surface area (Å²) in [5.41, 5.74) is 12.4. The van der Waals surface area contributed by atoms with Crippen LogP contribution in [-0.2, 0) is 0 Å². The molecule has 6 aromatic carbocycles. The maximum Gasteiger partial charge on any atom is 0.0684 e. The third kappa shape index (κ3) is 5.06. The third-order valence-corrected chi connectivity index (χ3v) is 7.68. The number of aryl methyl sites for hydroxylation is 1. The molecule has 1 nitrogen and oxygen atoms in total. The van der Waals surface area contributed by atoms with Crippen molar-refractivity contribution in [2.45, 2.75) is 6.92 Å². The highest BCUT2D eigenvalue weighted by Crippen LogP contribution is 2.37. The van der Waals surface area contributed by atoms with Gasteiger partial charge in [0.25, 0.3) is 0 Å². The van der Waals surface area contributed by atoms with Gasteiger partial charge in [0.05, 0.1) is 5.71 Å². The van der Waals surface area contributed by atoms with Crippen LogP contribution in [0.25, 0.3) is 56.3 Å². The van der Waals surface area contributed by atoms with Crippen LogP contribution in [0.5, 0.6) is 0 Å². The molecule has 0 spiro atoms. The van der Waals surface area contributed by atoms with Gasteiger partial charge in [-0.25, -0.2) is 0 Å². The van der Waals surface area contributed by atoms with Crippen molar-refractivity contribution < 1.29 is 0 Å². The van der Waals surface area contributed by atoms with Gasteiger partial charge in [-0.05, 0) is 98.1 Å². The second-order valence-electron chi connectivity index (χ2n) is 10.4. The average molecular weight is 526 g/mol. The molecule has 1 N–H and O–H groups in total. The van der Waals surface area contributed by atoms with E-state index in [4.69, 9.17) is 5.41 Å². The van der Waals surface area contributed by atoms with Crippen LogP contribution in [0.2, 0.25) is 0 Å². The molecule has 0 fully saturated rings. The van der Waals surface area contributed by atoms with E-state index in [1.807, 2.05) is 42.5 Å². The second-order valence-corrected chi connectivity index (χ2v) is 10.4. The largest absolute Gasteiger partial charge is 0.300 e. The molecule has 0 bridgehead atoms. The number of nitrogens with one attached hydrogen (secondary N) is 1. The van der Waals surface area contributed by atoms with Crippen LogP contribution >= 0.6 is 0 Å². The van der Waals surface area contributed by atoms with E-state index in [1.165, 1.54) is 16.3 Å². The highest BCUT2D eigenvalue weighted by molar-refractivity contribution is 6.12. The van der Waals surface area contributed by atoms with E-state index >= 15 is 0 Å². The summed E-state index contributed by atoms with van der Waals surface area (Å²) in [4.78, 5) is 0. The highest BCUT2D eigenvalue weighted by atomic mass is 14.4. The SMILES string of the molecule is C=Cc1cc(-c2cccc(-c3cc(C(=N)c4ccccc4)cc(-c4cccc(C)c4)c3)c2)c2ccccc2c1C=C. The molecule has 0 aliphatic heterocycles. The Morgan fingerprint density at radius 2 is 1.15 bits per heavy atom. The zero-order chi connectivity index (χ0) is 28.3. The minimum absolute atomic E-state index is 0.513. The smallest absolute Gasteiger partial charge is 0.0684 e. The van der Waals surface area contributed by atoms with E-state index in [-0.39, 0.29) is 0 Å². The first kappa shape index (κ1) is 26.0. The lowest BCUT2D eigenvalue weighted by molar-refractivity contribution is 1.44. The number of rotatable bonds is 7. The van der Waals surface area contributed by atoms with Crippen molar-refractivity contribution in [3.63, 3.8) is 0 Å². The summed E-state index contributed by atoms with van der Waals surface area (Å²) in [6, 6.07) is 44.4. The normalized spacial score (nSPS) is 10.9. The Morgan fingerprint density at radius 1 is 0.537 bits per heavy atom. The molecule has 196 valence electrons. The standard InChI is InChI=1S/C40H31N/c1-4-28-26-39(38-20-10-9-19-37(38)36(28)5-2)32-18-12-17-31(22-32)34-23-33(30-16-11-13-27(3)21-30)24-35(25-34)40(41)29-14-7-6-8-15-29/h4-26,41H,1-2H2,3H3. The molecule has 0 aliphatic carbocycles. The van der Waals surface area contributed by atoms with Crippen LogP contribution in [0.1, 0.15) is 27.8 Å².